The molecule has 4 heteroatoms. The third-order valence-corrected chi connectivity index (χ3v) is 1.10. The van der Waals surface area contributed by atoms with Crippen LogP contribution in [0.4, 0.5) is 0 Å². The quantitative estimate of drug-likeness (QED) is 0.537. The van der Waals surface area contributed by atoms with Crippen LogP contribution in [0.5, 0.6) is 0 Å². The maximum Gasteiger partial charge on any atom is 0.243 e. The average Bonchev–Trinajstić information content (AvgIpc) is 2.04. The normalized spacial score (nSPS) is 9.64. The molecule has 0 aromatic rings. The van der Waals surface area contributed by atoms with Gasteiger partial charge >= 0.3 is 0 Å². The Morgan fingerprint density at radius 2 is 1.91 bits per heavy atom. The van der Waals surface area contributed by atoms with Gasteiger partial charge in [-0.25, -0.2) is 0 Å². The van der Waals surface area contributed by atoms with Crippen LogP contribution in [-0.2, 0) is 9.59 Å². The van der Waals surface area contributed by atoms with E-state index >= 15 is 0 Å². The zero-order chi connectivity index (χ0) is 8.69. The first-order valence-electron chi connectivity index (χ1n) is 3.29. The lowest BCUT2D eigenvalue weighted by Crippen LogP contribution is -2.17. The van der Waals surface area contributed by atoms with E-state index in [1.807, 2.05) is 0 Å². The molecular weight excluding hydrogens is 144 g/mol. The molecule has 0 bridgehead atoms. The summed E-state index contributed by atoms with van der Waals surface area (Å²) in [5.74, 6) is -0.306. The number of hydrogen-bond donors (Lipinski definition) is 2. The maximum absolute atomic E-state index is 10.6. The van der Waals surface area contributed by atoms with E-state index in [1.165, 1.54) is 19.2 Å². The van der Waals surface area contributed by atoms with Crippen molar-refractivity contribution in [1.29, 1.82) is 0 Å². The Bertz CT molecular complexity index is 175. The van der Waals surface area contributed by atoms with E-state index in [0.717, 1.165) is 0 Å². The molecule has 0 fully saturated rings. The largest absolute Gasteiger partial charge is 0.359 e. The molecule has 0 heterocycles. The van der Waals surface area contributed by atoms with Crippen LogP contribution in [0.2, 0.25) is 0 Å². The van der Waals surface area contributed by atoms with Gasteiger partial charge in [0.05, 0.1) is 0 Å². The highest BCUT2D eigenvalue weighted by atomic mass is 16.2. The second kappa shape index (κ2) is 5.46. The second-order valence-electron chi connectivity index (χ2n) is 1.89. The van der Waals surface area contributed by atoms with Crippen molar-refractivity contribution >= 4 is 11.8 Å². The third kappa shape index (κ3) is 5.14. The summed E-state index contributed by atoms with van der Waals surface area (Å²) in [7, 11) is 3.09. The summed E-state index contributed by atoms with van der Waals surface area (Å²) in [6.07, 6.45) is 3.08. The fourth-order valence-corrected chi connectivity index (χ4v) is 0.458. The van der Waals surface area contributed by atoms with Crippen molar-refractivity contribution in [2.24, 2.45) is 0 Å². The number of likely N-dealkylation sites (N-methyl/N-ethyl adjacent to an activating group) is 1. The molecule has 0 radical (unpaired) electrons. The number of hydrogen-bond acceptors (Lipinski definition) is 2. The molecule has 62 valence electrons. The average molecular weight is 156 g/mol. The highest BCUT2D eigenvalue weighted by molar-refractivity contribution is 5.88. The summed E-state index contributed by atoms with van der Waals surface area (Å²) in [5.41, 5.74) is 0. The first kappa shape index (κ1) is 9.68. The van der Waals surface area contributed by atoms with Crippen molar-refractivity contribution < 1.29 is 9.59 Å². The van der Waals surface area contributed by atoms with Crippen LogP contribution in [0.25, 0.3) is 0 Å². The Morgan fingerprint density at radius 1 is 1.27 bits per heavy atom. The van der Waals surface area contributed by atoms with Gasteiger partial charge in [0, 0.05) is 20.5 Å². The van der Waals surface area contributed by atoms with Crippen LogP contribution in [0.3, 0.4) is 0 Å². The van der Waals surface area contributed by atoms with E-state index in [0.29, 0.717) is 0 Å². The fourth-order valence-electron chi connectivity index (χ4n) is 0.458. The molecule has 11 heavy (non-hydrogen) atoms. The summed E-state index contributed by atoms with van der Waals surface area (Å²) in [4.78, 5) is 21.1. The first-order chi connectivity index (χ1) is 5.20. The van der Waals surface area contributed by atoms with Crippen LogP contribution >= 0.6 is 0 Å². The summed E-state index contributed by atoms with van der Waals surface area (Å²) in [5, 5.41) is 4.83. The molecule has 0 atom stereocenters. The van der Waals surface area contributed by atoms with Crippen molar-refractivity contribution in [3.8, 4) is 0 Å². The van der Waals surface area contributed by atoms with Gasteiger partial charge in [-0.1, -0.05) is 6.08 Å². The molecule has 0 aliphatic heterocycles. The van der Waals surface area contributed by atoms with Crippen molar-refractivity contribution in [1.82, 2.24) is 10.6 Å². The van der Waals surface area contributed by atoms with Crippen molar-refractivity contribution in [2.75, 3.05) is 14.1 Å². The monoisotopic (exact) mass is 156 g/mol. The Balaban J connectivity index is 3.60. The molecule has 2 N–H and O–H groups in total. The van der Waals surface area contributed by atoms with Crippen LogP contribution in [0.1, 0.15) is 6.42 Å². The van der Waals surface area contributed by atoms with Crippen molar-refractivity contribution in [3.05, 3.63) is 12.2 Å². The molecule has 0 saturated carbocycles. The van der Waals surface area contributed by atoms with E-state index in [-0.39, 0.29) is 18.2 Å². The Labute approximate surface area is 65.7 Å². The molecule has 0 aromatic carbocycles. The molecule has 0 spiro atoms. The number of amides is 2. The lowest BCUT2D eigenvalue weighted by atomic mass is 10.3. The topological polar surface area (TPSA) is 58.2 Å². The smallest absolute Gasteiger partial charge is 0.243 e. The zero-order valence-electron chi connectivity index (χ0n) is 6.68. The number of carbonyl (C=O) groups is 2. The minimum atomic E-state index is -0.200. The summed E-state index contributed by atoms with van der Waals surface area (Å²) < 4.78 is 0. The highest BCUT2D eigenvalue weighted by Crippen LogP contribution is 1.81. The molecule has 0 unspecified atom stereocenters. The molecular formula is C7H12N2O2. The molecule has 4 nitrogen and oxygen atoms in total. The first-order valence-corrected chi connectivity index (χ1v) is 3.29. The SMILES string of the molecule is CNC(=O)/C=C/CC(=O)NC. The molecule has 0 aliphatic carbocycles. The predicted molar refractivity (Wildman–Crippen MR) is 41.9 cm³/mol. The maximum atomic E-state index is 10.6. The van der Waals surface area contributed by atoms with Crippen LogP contribution in [0, 0.1) is 0 Å². The van der Waals surface area contributed by atoms with Crippen LogP contribution in [-0.4, -0.2) is 25.9 Å². The minimum absolute atomic E-state index is 0.106. The van der Waals surface area contributed by atoms with Crippen LogP contribution < -0.4 is 10.6 Å². The molecule has 0 aliphatic rings. The summed E-state index contributed by atoms with van der Waals surface area (Å²) in [6, 6.07) is 0. The predicted octanol–water partition coefficient (Wildman–Crippen LogP) is -0.575. The van der Waals surface area contributed by atoms with Gasteiger partial charge in [-0.3, -0.25) is 9.59 Å². The Kier molecular flexibility index (Phi) is 4.81. The van der Waals surface area contributed by atoms with Gasteiger partial charge in [0.15, 0.2) is 0 Å². The fraction of sp³-hybridized carbons (Fsp3) is 0.429. The van der Waals surface area contributed by atoms with Crippen LogP contribution in [0.15, 0.2) is 12.2 Å². The van der Waals surface area contributed by atoms with Gasteiger partial charge < -0.3 is 10.6 Å². The van der Waals surface area contributed by atoms with E-state index in [4.69, 9.17) is 0 Å². The molecule has 2 amide bonds. The summed E-state index contributed by atoms with van der Waals surface area (Å²) >= 11 is 0. The van der Waals surface area contributed by atoms with E-state index in [2.05, 4.69) is 10.6 Å². The van der Waals surface area contributed by atoms with Gasteiger partial charge in [-0.05, 0) is 6.08 Å². The van der Waals surface area contributed by atoms with Gasteiger partial charge in [0.2, 0.25) is 11.8 Å². The van der Waals surface area contributed by atoms with E-state index < -0.39 is 0 Å². The van der Waals surface area contributed by atoms with E-state index in [9.17, 15) is 9.59 Å². The van der Waals surface area contributed by atoms with E-state index in [1.54, 1.807) is 7.05 Å². The lowest BCUT2D eigenvalue weighted by molar-refractivity contribution is -0.119. The lowest BCUT2D eigenvalue weighted by Gasteiger charge is -1.92. The van der Waals surface area contributed by atoms with Crippen molar-refractivity contribution in [3.63, 3.8) is 0 Å². The highest BCUT2D eigenvalue weighted by Gasteiger charge is 1.92. The standard InChI is InChI=1S/C7H12N2O2/c1-8-6(10)4-3-5-7(11)9-2/h3-4H,5H2,1-2H3,(H,8,10)(H,9,11)/b4-3+. The molecule has 0 aromatic heterocycles. The van der Waals surface area contributed by atoms with Gasteiger partial charge in [0.1, 0.15) is 0 Å². The van der Waals surface area contributed by atoms with Gasteiger partial charge in [0.25, 0.3) is 0 Å². The van der Waals surface area contributed by atoms with Crippen molar-refractivity contribution in [2.45, 2.75) is 6.42 Å². The summed E-state index contributed by atoms with van der Waals surface area (Å²) in [6.45, 7) is 0. The van der Waals surface area contributed by atoms with Gasteiger partial charge in [-0.15, -0.1) is 0 Å². The molecule has 0 saturated heterocycles. The number of rotatable bonds is 3. The Morgan fingerprint density at radius 3 is 2.36 bits per heavy atom. The Hall–Kier alpha value is -1.32. The third-order valence-electron chi connectivity index (χ3n) is 1.10. The molecule has 0 rings (SSSR count). The zero-order valence-corrected chi connectivity index (χ0v) is 6.68. The second-order valence-corrected chi connectivity index (χ2v) is 1.89. The van der Waals surface area contributed by atoms with Gasteiger partial charge in [-0.2, -0.15) is 0 Å². The minimum Gasteiger partial charge on any atom is -0.359 e. The number of carbonyl (C=O) groups excluding carboxylic acids is 2. The number of nitrogens with one attached hydrogen (secondary N) is 2.